The van der Waals surface area contributed by atoms with Crippen molar-refractivity contribution in [3.05, 3.63) is 46.1 Å². The summed E-state index contributed by atoms with van der Waals surface area (Å²) in [5.41, 5.74) is 2.84. The number of aromatic amines is 1. The molecule has 1 saturated heterocycles. The van der Waals surface area contributed by atoms with E-state index in [9.17, 15) is 9.59 Å². The molecule has 3 aromatic rings. The van der Waals surface area contributed by atoms with Gasteiger partial charge >= 0.3 is 0 Å². The maximum Gasteiger partial charge on any atom is 0.271 e. The number of hydrogen-bond donors (Lipinski definition) is 3. The molecule has 5 rings (SSSR count). The minimum atomic E-state index is -0.506. The molecular weight excluding hydrogens is 424 g/mol. The quantitative estimate of drug-likeness (QED) is 0.517. The van der Waals surface area contributed by atoms with E-state index in [0.29, 0.717) is 30.2 Å². The summed E-state index contributed by atoms with van der Waals surface area (Å²) in [6, 6.07) is 3.18. The van der Waals surface area contributed by atoms with Crippen LogP contribution in [-0.4, -0.2) is 77.2 Å². The Kier molecular flexibility index (Phi) is 5.65. The molecule has 0 aliphatic carbocycles. The molecule has 0 aromatic carbocycles. The zero-order chi connectivity index (χ0) is 22.9. The van der Waals surface area contributed by atoms with Crippen LogP contribution in [0, 0.1) is 0 Å². The van der Waals surface area contributed by atoms with Gasteiger partial charge < -0.3 is 30.2 Å². The Morgan fingerprint density at radius 3 is 3.03 bits per heavy atom. The number of amides is 1. The second-order valence-corrected chi connectivity index (χ2v) is 8.29. The van der Waals surface area contributed by atoms with Crippen LogP contribution in [0.5, 0.6) is 0 Å². The zero-order valence-corrected chi connectivity index (χ0v) is 18.6. The summed E-state index contributed by atoms with van der Waals surface area (Å²) >= 11 is 0. The van der Waals surface area contributed by atoms with E-state index in [-0.39, 0.29) is 24.0 Å². The predicted molar refractivity (Wildman–Crippen MR) is 124 cm³/mol. The van der Waals surface area contributed by atoms with Crippen molar-refractivity contribution in [2.45, 2.75) is 19.0 Å². The van der Waals surface area contributed by atoms with Crippen molar-refractivity contribution in [3.63, 3.8) is 0 Å². The van der Waals surface area contributed by atoms with Crippen LogP contribution >= 0.6 is 0 Å². The van der Waals surface area contributed by atoms with Gasteiger partial charge in [0.05, 0.1) is 13.2 Å². The van der Waals surface area contributed by atoms with Gasteiger partial charge in [-0.2, -0.15) is 0 Å². The minimum Gasteiger partial charge on any atom is -0.377 e. The second kappa shape index (κ2) is 8.75. The fourth-order valence-electron chi connectivity index (χ4n) is 4.31. The average Bonchev–Trinajstić information content (AvgIpc) is 2.84. The van der Waals surface area contributed by atoms with Gasteiger partial charge in [0.25, 0.3) is 5.56 Å². The molecule has 172 valence electrons. The summed E-state index contributed by atoms with van der Waals surface area (Å²) in [6.45, 7) is 2.95. The van der Waals surface area contributed by atoms with Crippen LogP contribution in [0.2, 0.25) is 0 Å². The summed E-state index contributed by atoms with van der Waals surface area (Å²) in [4.78, 5) is 45.8. The topological polar surface area (TPSA) is 128 Å². The minimum absolute atomic E-state index is 0.147. The first kappa shape index (κ1) is 21.3. The number of carbonyl (C=O) groups excluding carboxylic acids is 1. The maximum atomic E-state index is 12.6. The van der Waals surface area contributed by atoms with Crippen LogP contribution in [-0.2, 0) is 22.5 Å². The Morgan fingerprint density at radius 1 is 1.30 bits per heavy atom. The highest BCUT2D eigenvalue weighted by Crippen LogP contribution is 2.27. The molecule has 5 heterocycles. The Bertz CT molecular complexity index is 1260. The number of likely N-dealkylation sites (N-methyl/N-ethyl adjacent to an activating group) is 2. The van der Waals surface area contributed by atoms with E-state index in [0.717, 1.165) is 36.2 Å². The van der Waals surface area contributed by atoms with Crippen LogP contribution in [0.3, 0.4) is 0 Å². The van der Waals surface area contributed by atoms with Crippen molar-refractivity contribution < 1.29 is 9.53 Å². The Labute approximate surface area is 190 Å². The first-order valence-electron chi connectivity index (χ1n) is 10.9. The van der Waals surface area contributed by atoms with Crippen molar-refractivity contribution in [2.75, 3.05) is 50.6 Å². The number of nitrogens with zero attached hydrogens (tertiary/aromatic N) is 5. The largest absolute Gasteiger partial charge is 0.377 e. The van der Waals surface area contributed by atoms with Crippen LogP contribution in [0.15, 0.2) is 29.3 Å². The summed E-state index contributed by atoms with van der Waals surface area (Å²) in [7, 11) is 3.66. The van der Waals surface area contributed by atoms with E-state index in [4.69, 9.17) is 4.74 Å². The number of hydrogen-bond acceptors (Lipinski definition) is 9. The lowest BCUT2D eigenvalue weighted by molar-refractivity contribution is -0.124. The molecule has 3 aromatic heterocycles. The van der Waals surface area contributed by atoms with Gasteiger partial charge in [-0.15, -0.1) is 0 Å². The highest BCUT2D eigenvalue weighted by Gasteiger charge is 2.31. The Balaban J connectivity index is 1.51. The number of pyridine rings is 2. The van der Waals surface area contributed by atoms with Gasteiger partial charge in [0.1, 0.15) is 17.2 Å². The molecule has 11 heteroatoms. The number of rotatable bonds is 4. The van der Waals surface area contributed by atoms with Crippen molar-refractivity contribution in [2.24, 2.45) is 0 Å². The number of carbonyl (C=O) groups is 1. The van der Waals surface area contributed by atoms with E-state index in [1.54, 1.807) is 19.4 Å². The zero-order valence-electron chi connectivity index (χ0n) is 18.6. The van der Waals surface area contributed by atoms with Crippen molar-refractivity contribution in [1.82, 2.24) is 30.2 Å². The Hall–Kier alpha value is -3.57. The van der Waals surface area contributed by atoms with Crippen molar-refractivity contribution in [1.29, 1.82) is 0 Å². The smallest absolute Gasteiger partial charge is 0.271 e. The molecule has 33 heavy (non-hydrogen) atoms. The first-order valence-corrected chi connectivity index (χ1v) is 10.9. The molecule has 1 unspecified atom stereocenters. The third kappa shape index (κ3) is 4.12. The lowest BCUT2D eigenvalue weighted by Crippen LogP contribution is -2.53. The first-order chi connectivity index (χ1) is 16.0. The van der Waals surface area contributed by atoms with Crippen LogP contribution in [0.25, 0.3) is 10.9 Å². The SMILES string of the molecule is CNC(=O)C1COCCN1c1nccc2cnc(Nc3cc4c([nH]c3=O)CCN(C)C4)nc12. The second-order valence-electron chi connectivity index (χ2n) is 8.29. The fraction of sp³-hybridized carbons (Fsp3) is 0.409. The molecule has 3 N–H and O–H groups in total. The van der Waals surface area contributed by atoms with E-state index < -0.39 is 6.04 Å². The average molecular weight is 451 g/mol. The molecule has 11 nitrogen and oxygen atoms in total. The maximum absolute atomic E-state index is 12.6. The van der Waals surface area contributed by atoms with E-state index in [2.05, 4.69) is 42.5 Å². The van der Waals surface area contributed by atoms with Gasteiger partial charge in [-0.25, -0.2) is 15.0 Å². The van der Waals surface area contributed by atoms with Crippen molar-refractivity contribution in [3.8, 4) is 0 Å². The highest BCUT2D eigenvalue weighted by molar-refractivity contribution is 5.92. The molecule has 0 bridgehead atoms. The lowest BCUT2D eigenvalue weighted by atomic mass is 10.1. The predicted octanol–water partition coefficient (Wildman–Crippen LogP) is 0.396. The number of fused-ring (bicyclic) bond motifs is 2. The van der Waals surface area contributed by atoms with E-state index >= 15 is 0 Å². The Morgan fingerprint density at radius 2 is 2.18 bits per heavy atom. The summed E-state index contributed by atoms with van der Waals surface area (Å²) in [6.07, 6.45) is 4.18. The summed E-state index contributed by atoms with van der Waals surface area (Å²) in [5.74, 6) is 0.721. The molecule has 1 amide bonds. The highest BCUT2D eigenvalue weighted by atomic mass is 16.5. The number of aromatic nitrogens is 4. The van der Waals surface area contributed by atoms with Crippen LogP contribution < -0.4 is 21.1 Å². The van der Waals surface area contributed by atoms with Gasteiger partial charge in [0, 0.05) is 56.6 Å². The summed E-state index contributed by atoms with van der Waals surface area (Å²) in [5, 5.41) is 6.54. The number of nitrogens with one attached hydrogen (secondary N) is 3. The molecule has 1 atom stereocenters. The monoisotopic (exact) mass is 450 g/mol. The van der Waals surface area contributed by atoms with Gasteiger partial charge in [-0.3, -0.25) is 9.59 Å². The molecule has 0 spiro atoms. The fourth-order valence-corrected chi connectivity index (χ4v) is 4.31. The van der Waals surface area contributed by atoms with Gasteiger partial charge in [-0.1, -0.05) is 0 Å². The number of ether oxygens (including phenoxy) is 1. The van der Waals surface area contributed by atoms with Gasteiger partial charge in [0.2, 0.25) is 11.9 Å². The third-order valence-electron chi connectivity index (χ3n) is 6.07. The summed E-state index contributed by atoms with van der Waals surface area (Å²) < 4.78 is 5.52. The molecule has 2 aliphatic heterocycles. The molecule has 2 aliphatic rings. The molecule has 1 fully saturated rings. The molecular formula is C22H26N8O3. The van der Waals surface area contributed by atoms with Crippen molar-refractivity contribution >= 4 is 34.3 Å². The number of H-pyrrole nitrogens is 1. The third-order valence-corrected chi connectivity index (χ3v) is 6.07. The lowest BCUT2D eigenvalue weighted by Gasteiger charge is -2.35. The van der Waals surface area contributed by atoms with E-state index in [1.165, 1.54) is 0 Å². The van der Waals surface area contributed by atoms with Gasteiger partial charge in [-0.05, 0) is 24.7 Å². The van der Waals surface area contributed by atoms with Crippen LogP contribution in [0.4, 0.5) is 17.5 Å². The molecule has 0 radical (unpaired) electrons. The van der Waals surface area contributed by atoms with E-state index in [1.807, 2.05) is 17.0 Å². The van der Waals surface area contributed by atoms with Crippen LogP contribution in [0.1, 0.15) is 11.3 Å². The van der Waals surface area contributed by atoms with Gasteiger partial charge in [0.15, 0.2) is 5.82 Å². The number of morpholine rings is 1. The molecule has 0 saturated carbocycles. The number of anilines is 3. The normalized spacial score (nSPS) is 18.7. The standard InChI is InChI=1S/C22H26N8O3/c1-23-21(32)17-12-33-8-7-30(17)19-18-13(3-5-24-19)10-25-22(28-18)27-16-9-14-11-29(2)6-4-15(14)26-20(16)31/h3,5,9-10,17H,4,6-8,11-12H2,1-2H3,(H,23,32)(H,26,31)(H,25,27,28).